The van der Waals surface area contributed by atoms with Crippen molar-refractivity contribution in [2.75, 3.05) is 20.1 Å². The minimum Gasteiger partial charge on any atom is -0.314 e. The number of benzene rings is 1. The van der Waals surface area contributed by atoms with Crippen molar-refractivity contribution < 1.29 is 0 Å². The van der Waals surface area contributed by atoms with Gasteiger partial charge in [-0.25, -0.2) is 0 Å². The lowest BCUT2D eigenvalue weighted by molar-refractivity contribution is 0.146. The Balaban J connectivity index is 1.97. The topological polar surface area (TPSA) is 15.3 Å². The third-order valence-electron chi connectivity index (χ3n) is 3.96. The first-order chi connectivity index (χ1) is 8.52. The molecule has 0 aliphatic carbocycles. The maximum atomic E-state index is 6.24. The monoisotopic (exact) mass is 330 g/mol. The van der Waals surface area contributed by atoms with Crippen LogP contribution in [0.5, 0.6) is 0 Å². The molecule has 0 aromatic heterocycles. The van der Waals surface area contributed by atoms with Gasteiger partial charge in [-0.2, -0.15) is 0 Å². The third kappa shape index (κ3) is 3.47. The Labute approximate surface area is 123 Å². The molecule has 0 atom stereocenters. The van der Waals surface area contributed by atoms with Gasteiger partial charge in [0.05, 0.1) is 0 Å². The lowest BCUT2D eigenvalue weighted by Crippen LogP contribution is -2.49. The number of halogens is 2. The van der Waals surface area contributed by atoms with Gasteiger partial charge in [0.1, 0.15) is 0 Å². The van der Waals surface area contributed by atoms with Crippen molar-refractivity contribution in [2.24, 2.45) is 0 Å². The van der Waals surface area contributed by atoms with E-state index in [0.717, 1.165) is 29.1 Å². The molecule has 1 aliphatic rings. The van der Waals surface area contributed by atoms with Gasteiger partial charge < -0.3 is 5.32 Å². The molecule has 0 saturated carbocycles. The van der Waals surface area contributed by atoms with Crippen LogP contribution in [0.1, 0.15) is 25.3 Å². The minimum absolute atomic E-state index is 0.303. The van der Waals surface area contributed by atoms with Gasteiger partial charge in [0.25, 0.3) is 0 Å². The molecule has 2 nitrogen and oxygen atoms in total. The summed E-state index contributed by atoms with van der Waals surface area (Å²) in [7, 11) is 2.06. The highest BCUT2D eigenvalue weighted by Crippen LogP contribution is 2.26. The molecular formula is C14H20BrClN2. The first kappa shape index (κ1) is 14.3. The van der Waals surface area contributed by atoms with Crippen LogP contribution >= 0.6 is 27.5 Å². The Morgan fingerprint density at radius 1 is 1.39 bits per heavy atom. The van der Waals surface area contributed by atoms with Crippen molar-refractivity contribution in [2.45, 2.75) is 31.8 Å². The summed E-state index contributed by atoms with van der Waals surface area (Å²) in [4.78, 5) is 2.48. The lowest BCUT2D eigenvalue weighted by Gasteiger charge is -2.39. The average Bonchev–Trinajstić information content (AvgIpc) is 2.37. The summed E-state index contributed by atoms with van der Waals surface area (Å²) in [6.07, 6.45) is 2.38. The van der Waals surface area contributed by atoms with Gasteiger partial charge in [0.2, 0.25) is 0 Å². The van der Waals surface area contributed by atoms with Crippen LogP contribution in [0.25, 0.3) is 0 Å². The molecule has 0 amide bonds. The average molecular weight is 332 g/mol. The standard InChI is InChI=1S/C14H20BrClN2/c1-14(17-2)5-7-18(8-6-14)10-11-9-12(15)3-4-13(11)16/h3-4,9,17H,5-8,10H2,1-2H3. The molecule has 1 aliphatic heterocycles. The highest BCUT2D eigenvalue weighted by molar-refractivity contribution is 9.10. The Kier molecular flexibility index (Phi) is 4.70. The minimum atomic E-state index is 0.303. The van der Waals surface area contributed by atoms with E-state index in [0.29, 0.717) is 5.54 Å². The molecule has 1 N–H and O–H groups in total. The first-order valence-electron chi connectivity index (χ1n) is 6.38. The van der Waals surface area contributed by atoms with Crippen LogP contribution in [0, 0.1) is 0 Å². The summed E-state index contributed by atoms with van der Waals surface area (Å²) < 4.78 is 1.10. The van der Waals surface area contributed by atoms with E-state index in [2.05, 4.69) is 46.2 Å². The maximum absolute atomic E-state index is 6.24. The van der Waals surface area contributed by atoms with E-state index in [4.69, 9.17) is 11.6 Å². The van der Waals surface area contributed by atoms with Gasteiger partial charge in [-0.15, -0.1) is 0 Å². The second kappa shape index (κ2) is 5.91. The van der Waals surface area contributed by atoms with Crippen molar-refractivity contribution in [3.05, 3.63) is 33.3 Å². The zero-order valence-electron chi connectivity index (χ0n) is 11.0. The molecule has 100 valence electrons. The Morgan fingerprint density at radius 3 is 2.67 bits per heavy atom. The Bertz CT molecular complexity index is 414. The fourth-order valence-corrected chi connectivity index (χ4v) is 2.95. The molecule has 0 spiro atoms. The van der Waals surface area contributed by atoms with Crippen LogP contribution in [0.3, 0.4) is 0 Å². The van der Waals surface area contributed by atoms with Crippen molar-refractivity contribution in [3.63, 3.8) is 0 Å². The zero-order chi connectivity index (χ0) is 13.2. The van der Waals surface area contributed by atoms with E-state index in [-0.39, 0.29) is 0 Å². The largest absolute Gasteiger partial charge is 0.314 e. The molecule has 1 aromatic carbocycles. The van der Waals surface area contributed by atoms with Crippen LogP contribution in [-0.4, -0.2) is 30.6 Å². The number of nitrogens with one attached hydrogen (secondary N) is 1. The van der Waals surface area contributed by atoms with Crippen LogP contribution in [0.15, 0.2) is 22.7 Å². The lowest BCUT2D eigenvalue weighted by atomic mass is 9.90. The third-order valence-corrected chi connectivity index (χ3v) is 4.83. The summed E-state index contributed by atoms with van der Waals surface area (Å²) in [6.45, 7) is 5.49. The molecule has 1 heterocycles. The van der Waals surface area contributed by atoms with Crippen molar-refractivity contribution in [3.8, 4) is 0 Å². The van der Waals surface area contributed by atoms with E-state index in [1.54, 1.807) is 0 Å². The van der Waals surface area contributed by atoms with Crippen molar-refractivity contribution in [1.82, 2.24) is 10.2 Å². The number of rotatable bonds is 3. The second-order valence-corrected chi connectivity index (χ2v) is 6.65. The van der Waals surface area contributed by atoms with Crippen LogP contribution < -0.4 is 5.32 Å². The molecular weight excluding hydrogens is 312 g/mol. The van der Waals surface area contributed by atoms with Crippen molar-refractivity contribution >= 4 is 27.5 Å². The molecule has 0 unspecified atom stereocenters. The SMILES string of the molecule is CNC1(C)CCN(Cc2cc(Br)ccc2Cl)CC1. The summed E-state index contributed by atoms with van der Waals surface area (Å²) in [6, 6.07) is 6.07. The summed E-state index contributed by atoms with van der Waals surface area (Å²) >= 11 is 9.74. The normalized spacial score (nSPS) is 20.0. The first-order valence-corrected chi connectivity index (χ1v) is 7.55. The van der Waals surface area contributed by atoms with E-state index >= 15 is 0 Å². The Hall–Kier alpha value is -0.0900. The van der Waals surface area contributed by atoms with E-state index in [1.165, 1.54) is 18.4 Å². The van der Waals surface area contributed by atoms with Gasteiger partial charge in [-0.1, -0.05) is 27.5 Å². The number of hydrogen-bond acceptors (Lipinski definition) is 2. The summed E-state index contributed by atoms with van der Waals surface area (Å²) in [5, 5.41) is 4.29. The zero-order valence-corrected chi connectivity index (χ0v) is 13.3. The smallest absolute Gasteiger partial charge is 0.0451 e. The van der Waals surface area contributed by atoms with E-state index < -0.39 is 0 Å². The summed E-state index contributed by atoms with van der Waals surface area (Å²) in [5.74, 6) is 0. The highest BCUT2D eigenvalue weighted by atomic mass is 79.9. The van der Waals surface area contributed by atoms with Gasteiger partial charge in [0.15, 0.2) is 0 Å². The number of likely N-dealkylation sites (tertiary alicyclic amines) is 1. The van der Waals surface area contributed by atoms with E-state index in [1.807, 2.05) is 12.1 Å². The van der Waals surface area contributed by atoms with Crippen molar-refractivity contribution in [1.29, 1.82) is 0 Å². The quantitative estimate of drug-likeness (QED) is 0.909. The molecule has 2 rings (SSSR count). The molecule has 1 saturated heterocycles. The van der Waals surface area contributed by atoms with Crippen LogP contribution in [0.2, 0.25) is 5.02 Å². The molecule has 0 bridgehead atoms. The molecule has 0 radical (unpaired) electrons. The van der Waals surface area contributed by atoms with Gasteiger partial charge in [0, 0.05) is 34.7 Å². The van der Waals surface area contributed by atoms with Gasteiger partial charge in [-0.05, 0) is 50.6 Å². The molecule has 4 heteroatoms. The number of nitrogens with zero attached hydrogens (tertiary/aromatic N) is 1. The van der Waals surface area contributed by atoms with Gasteiger partial charge >= 0.3 is 0 Å². The van der Waals surface area contributed by atoms with Crippen LogP contribution in [0.4, 0.5) is 0 Å². The predicted molar refractivity (Wildman–Crippen MR) is 81.1 cm³/mol. The van der Waals surface area contributed by atoms with E-state index in [9.17, 15) is 0 Å². The molecule has 1 aromatic rings. The fourth-order valence-electron chi connectivity index (χ4n) is 2.36. The number of piperidine rings is 1. The predicted octanol–water partition coefficient (Wildman–Crippen LogP) is 3.68. The second-order valence-electron chi connectivity index (χ2n) is 5.32. The van der Waals surface area contributed by atoms with Gasteiger partial charge in [-0.3, -0.25) is 4.90 Å². The van der Waals surface area contributed by atoms with Crippen LogP contribution in [-0.2, 0) is 6.54 Å². The highest BCUT2D eigenvalue weighted by Gasteiger charge is 2.28. The molecule has 18 heavy (non-hydrogen) atoms. The fraction of sp³-hybridized carbons (Fsp3) is 0.571. The Morgan fingerprint density at radius 2 is 2.06 bits per heavy atom. The maximum Gasteiger partial charge on any atom is 0.0451 e. The number of hydrogen-bond donors (Lipinski definition) is 1. The molecule has 1 fully saturated rings. The summed E-state index contributed by atoms with van der Waals surface area (Å²) in [5.41, 5.74) is 1.51.